The average Bonchev–Trinajstić information content (AvgIpc) is 2.83. The first-order valence-electron chi connectivity index (χ1n) is 11.0. The molecule has 9 heteroatoms. The molecule has 0 aliphatic carbocycles. The van der Waals surface area contributed by atoms with Crippen molar-refractivity contribution >= 4 is 52.8 Å². The van der Waals surface area contributed by atoms with Crippen molar-refractivity contribution in [2.45, 2.75) is 13.8 Å². The lowest BCUT2D eigenvalue weighted by atomic mass is 10.1. The molecule has 2 N–H and O–H groups in total. The first-order chi connectivity index (χ1) is 17.2. The van der Waals surface area contributed by atoms with Gasteiger partial charge in [0.2, 0.25) is 0 Å². The molecule has 3 aromatic carbocycles. The van der Waals surface area contributed by atoms with E-state index in [9.17, 15) is 19.2 Å². The number of para-hydroxylation sites is 1. The van der Waals surface area contributed by atoms with E-state index in [2.05, 4.69) is 10.6 Å². The van der Waals surface area contributed by atoms with Crippen LogP contribution in [0.5, 0.6) is 5.75 Å². The van der Waals surface area contributed by atoms with E-state index in [0.29, 0.717) is 21.8 Å². The third kappa shape index (κ3) is 5.45. The number of carbonyl (C=O) groups is 4. The molecule has 36 heavy (non-hydrogen) atoms. The van der Waals surface area contributed by atoms with Gasteiger partial charge in [-0.1, -0.05) is 48.0 Å². The Bertz CT molecular complexity index is 1420. The zero-order chi connectivity index (χ0) is 25.8. The number of nitrogens with one attached hydrogen (secondary N) is 2. The fourth-order valence-corrected chi connectivity index (χ4v) is 3.82. The summed E-state index contributed by atoms with van der Waals surface area (Å²) in [5.74, 6) is -1.73. The van der Waals surface area contributed by atoms with Crippen molar-refractivity contribution in [3.63, 3.8) is 0 Å². The predicted molar refractivity (Wildman–Crippen MR) is 137 cm³/mol. The van der Waals surface area contributed by atoms with Crippen molar-refractivity contribution in [1.29, 1.82) is 0 Å². The van der Waals surface area contributed by atoms with E-state index in [-0.39, 0.29) is 29.5 Å². The zero-order valence-electron chi connectivity index (χ0n) is 19.5. The van der Waals surface area contributed by atoms with Gasteiger partial charge in [0.05, 0.1) is 5.69 Å². The Morgan fingerprint density at radius 1 is 1.03 bits per heavy atom. The van der Waals surface area contributed by atoms with Crippen LogP contribution >= 0.6 is 11.6 Å². The van der Waals surface area contributed by atoms with Gasteiger partial charge in [0, 0.05) is 16.3 Å². The number of carbonyl (C=O) groups excluding carboxylic acids is 4. The lowest BCUT2D eigenvalue weighted by Gasteiger charge is -2.27. The fraction of sp³-hybridized carbons (Fsp3) is 0.111. The quantitative estimate of drug-likeness (QED) is 0.376. The van der Waals surface area contributed by atoms with Crippen LogP contribution in [-0.4, -0.2) is 30.4 Å². The smallest absolute Gasteiger partial charge is 0.335 e. The number of benzene rings is 3. The summed E-state index contributed by atoms with van der Waals surface area (Å²) in [7, 11) is 0. The molecule has 0 radical (unpaired) electrons. The van der Waals surface area contributed by atoms with Crippen LogP contribution < -0.4 is 20.3 Å². The van der Waals surface area contributed by atoms with E-state index in [0.717, 1.165) is 10.5 Å². The van der Waals surface area contributed by atoms with Gasteiger partial charge in [0.25, 0.3) is 17.7 Å². The molecule has 0 aromatic heterocycles. The minimum Gasteiger partial charge on any atom is -0.483 e. The Morgan fingerprint density at radius 3 is 2.58 bits per heavy atom. The number of urea groups is 1. The van der Waals surface area contributed by atoms with Gasteiger partial charge < -0.3 is 10.1 Å². The van der Waals surface area contributed by atoms with Crippen molar-refractivity contribution in [3.05, 3.63) is 94.0 Å². The molecular weight excluding hydrogens is 482 g/mol. The van der Waals surface area contributed by atoms with Gasteiger partial charge >= 0.3 is 6.03 Å². The zero-order valence-corrected chi connectivity index (χ0v) is 20.3. The number of barbiturate groups is 1. The summed E-state index contributed by atoms with van der Waals surface area (Å²) in [5.41, 5.74) is 2.65. The summed E-state index contributed by atoms with van der Waals surface area (Å²) in [4.78, 5) is 51.6. The maximum absolute atomic E-state index is 13.3. The number of nitrogens with zero attached hydrogens (tertiary/aromatic N) is 1. The van der Waals surface area contributed by atoms with Crippen LogP contribution in [0.15, 0.2) is 72.3 Å². The highest BCUT2D eigenvalue weighted by Crippen LogP contribution is 2.29. The molecule has 0 atom stereocenters. The second kappa shape index (κ2) is 10.5. The lowest BCUT2D eigenvalue weighted by molar-refractivity contribution is -0.122. The molecule has 0 bridgehead atoms. The number of hydrogen-bond acceptors (Lipinski definition) is 5. The van der Waals surface area contributed by atoms with Gasteiger partial charge in [0.15, 0.2) is 6.61 Å². The Hall–Kier alpha value is -4.43. The normalized spacial score (nSPS) is 14.6. The second-order valence-corrected chi connectivity index (χ2v) is 8.57. The van der Waals surface area contributed by atoms with Crippen molar-refractivity contribution in [3.8, 4) is 5.75 Å². The highest BCUT2D eigenvalue weighted by molar-refractivity contribution is 6.39. The van der Waals surface area contributed by atoms with Crippen molar-refractivity contribution in [2.24, 2.45) is 0 Å². The maximum Gasteiger partial charge on any atom is 0.335 e. The Balaban J connectivity index is 1.57. The third-order valence-electron chi connectivity index (χ3n) is 5.39. The van der Waals surface area contributed by atoms with Gasteiger partial charge in [-0.05, 0) is 61.4 Å². The number of imide groups is 2. The third-order valence-corrected chi connectivity index (χ3v) is 5.63. The number of aryl methyl sites for hydroxylation is 2. The largest absolute Gasteiger partial charge is 0.483 e. The highest BCUT2D eigenvalue weighted by Gasteiger charge is 2.37. The van der Waals surface area contributed by atoms with E-state index < -0.39 is 17.8 Å². The summed E-state index contributed by atoms with van der Waals surface area (Å²) < 4.78 is 5.68. The predicted octanol–water partition coefficient (Wildman–Crippen LogP) is 4.64. The SMILES string of the molecule is Cc1cccc(NC(=O)COc2ccccc2/C=C2\C(=O)NC(=O)N(c3cc(Cl)ccc3C)C2=O)c1. The molecule has 8 nitrogen and oxygen atoms in total. The fourth-order valence-electron chi connectivity index (χ4n) is 3.65. The number of amides is 5. The molecule has 3 aromatic rings. The number of hydrogen-bond donors (Lipinski definition) is 2. The molecule has 1 heterocycles. The molecule has 182 valence electrons. The molecule has 0 saturated carbocycles. The summed E-state index contributed by atoms with van der Waals surface area (Å²) in [6.45, 7) is 3.35. The lowest BCUT2D eigenvalue weighted by Crippen LogP contribution is -2.54. The van der Waals surface area contributed by atoms with Crippen molar-refractivity contribution < 1.29 is 23.9 Å². The van der Waals surface area contributed by atoms with Crippen molar-refractivity contribution in [1.82, 2.24) is 5.32 Å². The number of ether oxygens (including phenoxy) is 1. The van der Waals surface area contributed by atoms with Crippen LogP contribution in [0.3, 0.4) is 0 Å². The van der Waals surface area contributed by atoms with Crippen LogP contribution in [-0.2, 0) is 14.4 Å². The standard InChI is InChI=1S/C27H22ClN3O5/c1-16-6-5-8-20(12-16)29-24(32)15-36-23-9-4-3-7-18(23)13-21-25(33)30-27(35)31(26(21)34)22-14-19(28)11-10-17(22)2/h3-14H,15H2,1-2H3,(H,29,32)(H,30,33,35)/b21-13+. The Morgan fingerprint density at radius 2 is 1.81 bits per heavy atom. The van der Waals surface area contributed by atoms with Crippen LogP contribution in [0, 0.1) is 13.8 Å². The van der Waals surface area contributed by atoms with E-state index in [1.165, 1.54) is 12.1 Å². The van der Waals surface area contributed by atoms with Crippen LogP contribution in [0.25, 0.3) is 6.08 Å². The molecule has 1 fully saturated rings. The first kappa shape index (κ1) is 24.7. The van der Waals surface area contributed by atoms with E-state index in [1.807, 2.05) is 25.1 Å². The molecule has 5 amide bonds. The number of rotatable bonds is 6. The van der Waals surface area contributed by atoms with Gasteiger partial charge in [-0.15, -0.1) is 0 Å². The van der Waals surface area contributed by atoms with Crippen molar-refractivity contribution in [2.75, 3.05) is 16.8 Å². The summed E-state index contributed by atoms with van der Waals surface area (Å²) in [6.07, 6.45) is 1.32. The second-order valence-electron chi connectivity index (χ2n) is 8.13. The van der Waals surface area contributed by atoms with Gasteiger partial charge in [-0.3, -0.25) is 19.7 Å². The minimum atomic E-state index is -0.870. The number of anilines is 2. The monoisotopic (exact) mass is 503 g/mol. The minimum absolute atomic E-state index is 0.265. The van der Waals surface area contributed by atoms with E-state index in [4.69, 9.17) is 16.3 Å². The van der Waals surface area contributed by atoms with Gasteiger partial charge in [-0.2, -0.15) is 0 Å². The van der Waals surface area contributed by atoms with Gasteiger partial charge in [-0.25, -0.2) is 9.69 Å². The number of halogens is 1. The molecule has 1 aliphatic heterocycles. The Kier molecular flexibility index (Phi) is 7.17. The molecular formula is C27H22ClN3O5. The topological polar surface area (TPSA) is 105 Å². The molecule has 1 saturated heterocycles. The summed E-state index contributed by atoms with van der Waals surface area (Å²) in [5, 5.41) is 5.28. The van der Waals surface area contributed by atoms with Crippen LogP contribution in [0.1, 0.15) is 16.7 Å². The van der Waals surface area contributed by atoms with Crippen LogP contribution in [0.2, 0.25) is 5.02 Å². The molecule has 0 unspecified atom stereocenters. The highest BCUT2D eigenvalue weighted by atomic mass is 35.5. The summed E-state index contributed by atoms with van der Waals surface area (Å²) >= 11 is 6.07. The van der Waals surface area contributed by atoms with Gasteiger partial charge in [0.1, 0.15) is 11.3 Å². The average molecular weight is 504 g/mol. The van der Waals surface area contributed by atoms with E-state index in [1.54, 1.807) is 49.4 Å². The Labute approximate surface area is 212 Å². The molecule has 0 spiro atoms. The maximum atomic E-state index is 13.3. The first-order valence-corrected chi connectivity index (χ1v) is 11.4. The van der Waals surface area contributed by atoms with Crippen LogP contribution in [0.4, 0.5) is 16.2 Å². The van der Waals surface area contributed by atoms with E-state index >= 15 is 0 Å². The molecule has 4 rings (SSSR count). The summed E-state index contributed by atoms with van der Waals surface area (Å²) in [6, 6.07) is 17.9. The molecule has 1 aliphatic rings.